The van der Waals surface area contributed by atoms with Crippen molar-refractivity contribution in [1.82, 2.24) is 19.6 Å². The molecule has 0 N–H and O–H groups in total. The first-order valence-corrected chi connectivity index (χ1v) is 17.4. The molecule has 3 heterocycles. The van der Waals surface area contributed by atoms with Crippen molar-refractivity contribution in [3.63, 3.8) is 0 Å². The molecule has 11 heteroatoms. The Labute approximate surface area is 278 Å². The number of hydrogen-bond acceptors (Lipinski definition) is 10. The summed E-state index contributed by atoms with van der Waals surface area (Å²) in [5, 5.41) is 0. The Bertz CT molecular complexity index is 1010. The third-order valence-corrected chi connectivity index (χ3v) is 10.2. The van der Waals surface area contributed by atoms with E-state index in [0.717, 1.165) is 26.1 Å². The molecule has 266 valence electrons. The fourth-order valence-electron chi connectivity index (χ4n) is 7.53. The lowest BCUT2D eigenvalue weighted by molar-refractivity contribution is -0.246. The number of hydrogen-bond donors (Lipinski definition) is 0. The molecule has 0 bridgehead atoms. The molecule has 1 amide bonds. The van der Waals surface area contributed by atoms with Crippen molar-refractivity contribution in [3.05, 3.63) is 0 Å². The van der Waals surface area contributed by atoms with Gasteiger partial charge in [0, 0.05) is 64.8 Å². The quantitative estimate of drug-likeness (QED) is 0.301. The second kappa shape index (κ2) is 16.7. The SMILES string of the molecule is CO[C@@H]1C[C@@H](C)CN(C)[C@@H](C(=O)N2CCN(CC(C)C)CC2)[C@H](C)OC(=O)C(C)(C)C(=O)[C@H](C)[C@H]1O[C@H]1C[C@@H](N(C)C)C[C@@H](C)O1. The topological polar surface area (TPSA) is 101 Å². The molecule has 0 aliphatic carbocycles. The van der Waals surface area contributed by atoms with E-state index < -0.39 is 47.9 Å². The molecule has 9 atom stereocenters. The van der Waals surface area contributed by atoms with Crippen LogP contribution in [0.1, 0.15) is 74.7 Å². The molecule has 0 aromatic heterocycles. The average Bonchev–Trinajstić information content (AvgIpc) is 2.97. The largest absolute Gasteiger partial charge is 0.460 e. The van der Waals surface area contributed by atoms with E-state index in [9.17, 15) is 14.4 Å². The number of rotatable bonds is 7. The maximum absolute atomic E-state index is 14.2. The van der Waals surface area contributed by atoms with E-state index >= 15 is 0 Å². The number of piperazine rings is 1. The van der Waals surface area contributed by atoms with Crippen LogP contribution in [-0.2, 0) is 33.3 Å². The van der Waals surface area contributed by atoms with Gasteiger partial charge in [0.05, 0.1) is 18.3 Å². The van der Waals surface area contributed by atoms with Crippen LogP contribution in [0.4, 0.5) is 0 Å². The lowest BCUT2D eigenvalue weighted by Gasteiger charge is -2.41. The minimum absolute atomic E-state index is 0.000966. The van der Waals surface area contributed by atoms with Gasteiger partial charge in [0.15, 0.2) is 12.1 Å². The molecule has 11 nitrogen and oxygen atoms in total. The van der Waals surface area contributed by atoms with Crippen LogP contribution >= 0.6 is 0 Å². The first-order chi connectivity index (χ1) is 21.5. The molecule has 0 radical (unpaired) electrons. The fourth-order valence-corrected chi connectivity index (χ4v) is 7.53. The standard InChI is InChI=1S/C35H64N4O7/c1-22(2)20-38-13-15-39(16-14-38)33(41)30-26(6)45-34(42)35(7,8)32(40)25(5)31(28(43-12)17-23(3)21-37(30)11)46-29-19-27(36(9)10)18-24(4)44-29/h22-31H,13-21H2,1-12H3/t23-,24-,25-,26+,27+,28-,29+,30-,31-/m1/s1. The van der Waals surface area contributed by atoms with Crippen LogP contribution in [0.2, 0.25) is 0 Å². The molecule has 3 fully saturated rings. The lowest BCUT2D eigenvalue weighted by atomic mass is 9.78. The Morgan fingerprint density at radius 1 is 1.02 bits per heavy atom. The number of carbonyl (C=O) groups is 3. The van der Waals surface area contributed by atoms with Crippen LogP contribution in [0.15, 0.2) is 0 Å². The summed E-state index contributed by atoms with van der Waals surface area (Å²) >= 11 is 0. The third kappa shape index (κ3) is 9.72. The van der Waals surface area contributed by atoms with Gasteiger partial charge in [-0.25, -0.2) is 0 Å². The van der Waals surface area contributed by atoms with Crippen molar-refractivity contribution in [2.75, 3.05) is 67.5 Å². The van der Waals surface area contributed by atoms with Crippen LogP contribution in [0.5, 0.6) is 0 Å². The van der Waals surface area contributed by atoms with Crippen LogP contribution in [-0.4, -0.2) is 148 Å². The zero-order valence-electron chi connectivity index (χ0n) is 30.8. The van der Waals surface area contributed by atoms with Crippen molar-refractivity contribution in [1.29, 1.82) is 0 Å². The molecule has 3 aliphatic heterocycles. The van der Waals surface area contributed by atoms with Crippen LogP contribution in [0.3, 0.4) is 0 Å². The highest BCUT2D eigenvalue weighted by atomic mass is 16.7. The molecule has 46 heavy (non-hydrogen) atoms. The highest BCUT2D eigenvalue weighted by molar-refractivity contribution is 6.04. The summed E-state index contributed by atoms with van der Waals surface area (Å²) in [5.74, 6) is -0.997. The van der Waals surface area contributed by atoms with Crippen molar-refractivity contribution < 1.29 is 33.3 Å². The van der Waals surface area contributed by atoms with E-state index in [1.54, 1.807) is 27.9 Å². The number of likely N-dealkylation sites (N-methyl/N-ethyl adjacent to an activating group) is 1. The van der Waals surface area contributed by atoms with Gasteiger partial charge in [-0.3, -0.25) is 24.2 Å². The maximum Gasteiger partial charge on any atom is 0.319 e. The van der Waals surface area contributed by atoms with Gasteiger partial charge >= 0.3 is 5.97 Å². The van der Waals surface area contributed by atoms with Gasteiger partial charge in [0.25, 0.3) is 0 Å². The summed E-state index contributed by atoms with van der Waals surface area (Å²) in [6.45, 7) is 19.9. The zero-order valence-corrected chi connectivity index (χ0v) is 30.8. The number of nitrogens with zero attached hydrogens (tertiary/aromatic N) is 4. The molecule has 0 aromatic carbocycles. The van der Waals surface area contributed by atoms with Gasteiger partial charge < -0.3 is 28.7 Å². The molecule has 3 rings (SSSR count). The first-order valence-electron chi connectivity index (χ1n) is 17.4. The number of Topliss-reactive ketones (excluding diaryl/α,β-unsaturated/α-hetero) is 1. The zero-order chi connectivity index (χ0) is 34.5. The molecule has 0 unspecified atom stereocenters. The Morgan fingerprint density at radius 2 is 1.65 bits per heavy atom. The molecule has 0 aromatic rings. The highest BCUT2D eigenvalue weighted by Gasteiger charge is 2.48. The molecule has 3 saturated heterocycles. The second-order valence-corrected chi connectivity index (χ2v) is 15.5. The van der Waals surface area contributed by atoms with E-state index in [4.69, 9.17) is 18.9 Å². The lowest BCUT2D eigenvalue weighted by Crippen LogP contribution is -2.58. The number of ketones is 1. The van der Waals surface area contributed by atoms with Crippen molar-refractivity contribution in [3.8, 4) is 0 Å². The van der Waals surface area contributed by atoms with E-state index in [1.165, 1.54) is 0 Å². The number of amides is 1. The first kappa shape index (κ1) is 38.8. The van der Waals surface area contributed by atoms with Crippen molar-refractivity contribution >= 4 is 17.7 Å². The predicted octanol–water partition coefficient (Wildman–Crippen LogP) is 3.15. The maximum atomic E-state index is 14.2. The Hall–Kier alpha value is -1.63. The summed E-state index contributed by atoms with van der Waals surface area (Å²) in [4.78, 5) is 50.6. The average molecular weight is 653 g/mol. The Morgan fingerprint density at radius 3 is 2.22 bits per heavy atom. The van der Waals surface area contributed by atoms with Crippen LogP contribution < -0.4 is 0 Å². The minimum atomic E-state index is -1.46. The number of carbonyl (C=O) groups excluding carboxylic acids is 3. The number of methoxy groups -OCH3 is 1. The van der Waals surface area contributed by atoms with Gasteiger partial charge in [-0.05, 0) is 73.5 Å². The Balaban J connectivity index is 1.90. The van der Waals surface area contributed by atoms with Crippen molar-refractivity contribution in [2.45, 2.75) is 117 Å². The van der Waals surface area contributed by atoms with Crippen LogP contribution in [0, 0.1) is 23.2 Å². The van der Waals surface area contributed by atoms with Crippen LogP contribution in [0.25, 0.3) is 0 Å². The molecule has 0 saturated carbocycles. The van der Waals surface area contributed by atoms with Gasteiger partial charge in [-0.2, -0.15) is 0 Å². The highest BCUT2D eigenvalue weighted by Crippen LogP contribution is 2.34. The predicted molar refractivity (Wildman–Crippen MR) is 178 cm³/mol. The third-order valence-electron chi connectivity index (χ3n) is 10.2. The van der Waals surface area contributed by atoms with E-state index in [1.807, 2.05) is 30.7 Å². The second-order valence-electron chi connectivity index (χ2n) is 15.5. The van der Waals surface area contributed by atoms with Gasteiger partial charge in [0.2, 0.25) is 5.91 Å². The summed E-state index contributed by atoms with van der Waals surface area (Å²) in [5.41, 5.74) is -1.46. The Kier molecular flexibility index (Phi) is 14.1. The van der Waals surface area contributed by atoms with Gasteiger partial charge in [0.1, 0.15) is 17.6 Å². The molecular weight excluding hydrogens is 588 g/mol. The summed E-state index contributed by atoms with van der Waals surface area (Å²) in [6, 6.07) is -0.399. The molecule has 3 aliphatic rings. The number of esters is 1. The minimum Gasteiger partial charge on any atom is -0.460 e. The van der Waals surface area contributed by atoms with E-state index in [0.29, 0.717) is 38.4 Å². The smallest absolute Gasteiger partial charge is 0.319 e. The van der Waals surface area contributed by atoms with E-state index in [2.05, 4.69) is 44.7 Å². The van der Waals surface area contributed by atoms with Gasteiger partial charge in [-0.15, -0.1) is 0 Å². The summed E-state index contributed by atoms with van der Waals surface area (Å²) < 4.78 is 25.0. The monoisotopic (exact) mass is 652 g/mol. The number of ether oxygens (including phenoxy) is 4. The number of cyclic esters (lactones) is 1. The summed E-state index contributed by atoms with van der Waals surface area (Å²) in [6.07, 6.45) is -0.181. The fraction of sp³-hybridized carbons (Fsp3) is 0.914. The van der Waals surface area contributed by atoms with Crippen molar-refractivity contribution in [2.24, 2.45) is 23.2 Å². The summed E-state index contributed by atoms with van der Waals surface area (Å²) in [7, 11) is 7.68. The molecular formula is C35H64N4O7. The van der Waals surface area contributed by atoms with Gasteiger partial charge in [-0.1, -0.05) is 27.7 Å². The molecule has 0 spiro atoms. The van der Waals surface area contributed by atoms with E-state index in [-0.39, 0.29) is 29.8 Å². The normalized spacial score (nSPS) is 36.2.